The van der Waals surface area contributed by atoms with E-state index in [1.54, 1.807) is 11.0 Å². The smallest absolute Gasteiger partial charge is 0.410 e. The van der Waals surface area contributed by atoms with Crippen LogP contribution in [0.5, 0.6) is 0 Å². The van der Waals surface area contributed by atoms with Crippen molar-refractivity contribution < 1.29 is 13.9 Å². The molecule has 2 heterocycles. The number of hydrogen-bond donors (Lipinski definition) is 1. The maximum absolute atomic E-state index is 13.1. The van der Waals surface area contributed by atoms with Crippen LogP contribution in [0.1, 0.15) is 12.0 Å². The van der Waals surface area contributed by atoms with Crippen molar-refractivity contribution >= 4 is 6.09 Å². The van der Waals surface area contributed by atoms with Gasteiger partial charge in [-0.3, -0.25) is 4.90 Å². The van der Waals surface area contributed by atoms with Gasteiger partial charge in [0.05, 0.1) is 6.04 Å². The number of carbonyl (C=O) groups excluding carboxylic acids is 1. The normalized spacial score (nSPS) is 26.9. The van der Waals surface area contributed by atoms with Gasteiger partial charge in [-0.05, 0) is 30.7 Å². The minimum atomic E-state index is -0.294. The standard InChI is InChI=1S/C13H15FN2O2/c14-10-3-1-2-9(6-10)8-16-11-7-15-5-4-12(11)18-13(16)17/h1-3,6,11-12,15H,4-5,7-8H2. The highest BCUT2D eigenvalue weighted by Crippen LogP contribution is 2.25. The van der Waals surface area contributed by atoms with Crippen molar-refractivity contribution in [2.75, 3.05) is 13.1 Å². The summed E-state index contributed by atoms with van der Waals surface area (Å²) in [7, 11) is 0. The molecule has 2 aliphatic heterocycles. The summed E-state index contributed by atoms with van der Waals surface area (Å²) in [5, 5.41) is 3.26. The summed E-state index contributed by atoms with van der Waals surface area (Å²) in [5.41, 5.74) is 0.790. The van der Waals surface area contributed by atoms with E-state index in [-0.39, 0.29) is 24.1 Å². The molecule has 0 bridgehead atoms. The van der Waals surface area contributed by atoms with Gasteiger partial charge in [-0.15, -0.1) is 0 Å². The molecule has 2 unspecified atom stereocenters. The zero-order chi connectivity index (χ0) is 12.5. The zero-order valence-corrected chi connectivity index (χ0v) is 9.93. The maximum atomic E-state index is 13.1. The van der Waals surface area contributed by atoms with Gasteiger partial charge in [-0.2, -0.15) is 0 Å². The first kappa shape index (κ1) is 11.5. The van der Waals surface area contributed by atoms with E-state index in [1.807, 2.05) is 6.07 Å². The number of ether oxygens (including phenoxy) is 1. The number of nitrogens with one attached hydrogen (secondary N) is 1. The molecule has 2 saturated heterocycles. The summed E-state index contributed by atoms with van der Waals surface area (Å²) in [5.74, 6) is -0.279. The first-order valence-electron chi connectivity index (χ1n) is 6.16. The van der Waals surface area contributed by atoms with Gasteiger partial charge in [0.2, 0.25) is 0 Å². The highest BCUT2D eigenvalue weighted by molar-refractivity contribution is 5.71. The fourth-order valence-corrected chi connectivity index (χ4v) is 2.61. The van der Waals surface area contributed by atoms with Crippen LogP contribution in [0, 0.1) is 5.82 Å². The molecule has 4 nitrogen and oxygen atoms in total. The molecule has 1 aromatic carbocycles. The van der Waals surface area contributed by atoms with Crippen molar-refractivity contribution in [2.45, 2.75) is 25.1 Å². The molecule has 96 valence electrons. The molecule has 2 aliphatic rings. The molecule has 0 aromatic heterocycles. The number of rotatable bonds is 2. The number of piperidine rings is 1. The summed E-state index contributed by atoms with van der Waals surface area (Å²) >= 11 is 0. The van der Waals surface area contributed by atoms with Crippen molar-refractivity contribution in [3.05, 3.63) is 35.6 Å². The first-order valence-corrected chi connectivity index (χ1v) is 6.16. The van der Waals surface area contributed by atoms with Crippen molar-refractivity contribution in [3.8, 4) is 0 Å². The second-order valence-corrected chi connectivity index (χ2v) is 4.74. The number of nitrogens with zero attached hydrogens (tertiary/aromatic N) is 1. The molecular formula is C13H15FN2O2. The Balaban J connectivity index is 1.77. The molecule has 0 aliphatic carbocycles. The summed E-state index contributed by atoms with van der Waals surface area (Å²) in [6, 6.07) is 6.39. The quantitative estimate of drug-likeness (QED) is 0.865. The SMILES string of the molecule is O=C1OC2CCNCC2N1Cc1cccc(F)c1. The summed E-state index contributed by atoms with van der Waals surface area (Å²) in [6.07, 6.45) is 0.529. The van der Waals surface area contributed by atoms with Crippen LogP contribution in [0.3, 0.4) is 0 Å². The lowest BCUT2D eigenvalue weighted by Crippen LogP contribution is -2.48. The fourth-order valence-electron chi connectivity index (χ4n) is 2.61. The molecule has 5 heteroatoms. The van der Waals surface area contributed by atoms with Gasteiger partial charge in [-0.1, -0.05) is 12.1 Å². The van der Waals surface area contributed by atoms with E-state index in [1.165, 1.54) is 12.1 Å². The average molecular weight is 250 g/mol. The van der Waals surface area contributed by atoms with Crippen LogP contribution < -0.4 is 5.32 Å². The third kappa shape index (κ3) is 2.06. The molecular weight excluding hydrogens is 235 g/mol. The van der Waals surface area contributed by atoms with Gasteiger partial charge in [0, 0.05) is 13.1 Å². The fraction of sp³-hybridized carbons (Fsp3) is 0.462. The van der Waals surface area contributed by atoms with Gasteiger partial charge in [0.15, 0.2) is 0 Å². The summed E-state index contributed by atoms with van der Waals surface area (Å²) in [4.78, 5) is 13.5. The monoisotopic (exact) mass is 250 g/mol. The Morgan fingerprint density at radius 1 is 1.50 bits per heavy atom. The number of halogens is 1. The van der Waals surface area contributed by atoms with Gasteiger partial charge in [-0.25, -0.2) is 9.18 Å². The lowest BCUT2D eigenvalue weighted by Gasteiger charge is -2.28. The van der Waals surface area contributed by atoms with E-state index in [0.717, 1.165) is 25.1 Å². The van der Waals surface area contributed by atoms with E-state index in [2.05, 4.69) is 5.32 Å². The highest BCUT2D eigenvalue weighted by Gasteiger charge is 2.42. The molecule has 1 N–H and O–H groups in total. The lowest BCUT2D eigenvalue weighted by atomic mass is 10.0. The van der Waals surface area contributed by atoms with E-state index >= 15 is 0 Å². The molecule has 1 aromatic rings. The van der Waals surface area contributed by atoms with Crippen molar-refractivity contribution in [1.82, 2.24) is 10.2 Å². The van der Waals surface area contributed by atoms with Gasteiger partial charge in [0.1, 0.15) is 11.9 Å². The number of amides is 1. The van der Waals surface area contributed by atoms with E-state index < -0.39 is 0 Å². The Hall–Kier alpha value is -1.62. The highest BCUT2D eigenvalue weighted by atomic mass is 19.1. The third-order valence-corrected chi connectivity index (χ3v) is 3.52. The molecule has 0 spiro atoms. The topological polar surface area (TPSA) is 41.6 Å². The van der Waals surface area contributed by atoms with Gasteiger partial charge in [0.25, 0.3) is 0 Å². The van der Waals surface area contributed by atoms with Crippen LogP contribution in [0.25, 0.3) is 0 Å². The number of carbonyl (C=O) groups is 1. The second-order valence-electron chi connectivity index (χ2n) is 4.74. The average Bonchev–Trinajstić information content (AvgIpc) is 2.66. The van der Waals surface area contributed by atoms with E-state index in [0.29, 0.717) is 6.54 Å². The number of benzene rings is 1. The van der Waals surface area contributed by atoms with E-state index in [4.69, 9.17) is 4.74 Å². The second kappa shape index (κ2) is 4.57. The summed E-state index contributed by atoms with van der Waals surface area (Å²) < 4.78 is 18.5. The maximum Gasteiger partial charge on any atom is 0.410 e. The van der Waals surface area contributed by atoms with Crippen LogP contribution in [-0.2, 0) is 11.3 Å². The zero-order valence-electron chi connectivity index (χ0n) is 9.93. The Kier molecular flexibility index (Phi) is 2.91. The van der Waals surface area contributed by atoms with Gasteiger partial charge < -0.3 is 10.1 Å². The molecule has 1 amide bonds. The molecule has 18 heavy (non-hydrogen) atoms. The molecule has 2 fully saturated rings. The summed E-state index contributed by atoms with van der Waals surface area (Å²) in [6.45, 7) is 2.02. The number of fused-ring (bicyclic) bond motifs is 1. The van der Waals surface area contributed by atoms with Crippen LogP contribution in [0.2, 0.25) is 0 Å². The third-order valence-electron chi connectivity index (χ3n) is 3.52. The number of hydrogen-bond acceptors (Lipinski definition) is 3. The minimum absolute atomic E-state index is 0.0210. The van der Waals surface area contributed by atoms with Crippen LogP contribution in [0.15, 0.2) is 24.3 Å². The van der Waals surface area contributed by atoms with Crippen LogP contribution in [-0.4, -0.2) is 36.2 Å². The van der Waals surface area contributed by atoms with E-state index in [9.17, 15) is 9.18 Å². The Bertz CT molecular complexity index is 466. The Morgan fingerprint density at radius 3 is 3.22 bits per heavy atom. The molecule has 3 rings (SSSR count). The van der Waals surface area contributed by atoms with Crippen LogP contribution >= 0.6 is 0 Å². The van der Waals surface area contributed by atoms with Crippen molar-refractivity contribution in [3.63, 3.8) is 0 Å². The van der Waals surface area contributed by atoms with Crippen molar-refractivity contribution in [1.29, 1.82) is 0 Å². The molecule has 0 radical (unpaired) electrons. The Labute approximate surface area is 105 Å². The first-order chi connectivity index (χ1) is 8.74. The molecule has 0 saturated carbocycles. The lowest BCUT2D eigenvalue weighted by molar-refractivity contribution is 0.117. The molecule has 2 atom stereocenters. The predicted octanol–water partition coefficient (Wildman–Crippen LogP) is 1.51. The Morgan fingerprint density at radius 2 is 2.39 bits per heavy atom. The van der Waals surface area contributed by atoms with Gasteiger partial charge >= 0.3 is 6.09 Å². The van der Waals surface area contributed by atoms with Crippen molar-refractivity contribution in [2.24, 2.45) is 0 Å². The predicted molar refractivity (Wildman–Crippen MR) is 63.5 cm³/mol. The largest absolute Gasteiger partial charge is 0.444 e. The van der Waals surface area contributed by atoms with Crippen LogP contribution in [0.4, 0.5) is 9.18 Å². The minimum Gasteiger partial charge on any atom is -0.444 e.